The smallest absolute Gasteiger partial charge is 0.149 e. The summed E-state index contributed by atoms with van der Waals surface area (Å²) in [5.74, 6) is 4.24. The average Bonchev–Trinajstić information content (AvgIpc) is 2.31. The normalized spacial score (nSPS) is 16.5. The minimum Gasteiger partial charge on any atom is -0.369 e. The van der Waals surface area contributed by atoms with Crippen molar-refractivity contribution >= 4 is 23.4 Å². The van der Waals surface area contributed by atoms with Crippen molar-refractivity contribution in [2.24, 2.45) is 0 Å². The Labute approximate surface area is 94.5 Å². The van der Waals surface area contributed by atoms with Gasteiger partial charge in [0, 0.05) is 31.1 Å². The SMILES string of the molecule is CCNc1cncc(N2CCSCC2)n1. The van der Waals surface area contributed by atoms with Crippen LogP contribution in [0.4, 0.5) is 11.6 Å². The summed E-state index contributed by atoms with van der Waals surface area (Å²) >= 11 is 2.00. The number of nitrogens with zero attached hydrogens (tertiary/aromatic N) is 3. The number of hydrogen-bond acceptors (Lipinski definition) is 5. The van der Waals surface area contributed by atoms with Gasteiger partial charge in [0.1, 0.15) is 11.6 Å². The van der Waals surface area contributed by atoms with Crippen LogP contribution in [0.25, 0.3) is 0 Å². The maximum atomic E-state index is 4.53. The number of thioether (sulfide) groups is 1. The quantitative estimate of drug-likeness (QED) is 0.842. The predicted octanol–water partition coefficient (Wildman–Crippen LogP) is 1.46. The largest absolute Gasteiger partial charge is 0.369 e. The fourth-order valence-corrected chi connectivity index (χ4v) is 2.47. The molecule has 0 bridgehead atoms. The van der Waals surface area contributed by atoms with E-state index in [9.17, 15) is 0 Å². The maximum Gasteiger partial charge on any atom is 0.149 e. The van der Waals surface area contributed by atoms with E-state index in [2.05, 4.69) is 27.1 Å². The van der Waals surface area contributed by atoms with E-state index in [-0.39, 0.29) is 0 Å². The van der Waals surface area contributed by atoms with Crippen LogP contribution < -0.4 is 10.2 Å². The van der Waals surface area contributed by atoms with Crippen LogP contribution in [0, 0.1) is 0 Å². The van der Waals surface area contributed by atoms with Gasteiger partial charge in [0.05, 0.1) is 12.4 Å². The van der Waals surface area contributed by atoms with Gasteiger partial charge in [-0.05, 0) is 6.92 Å². The molecule has 2 heterocycles. The predicted molar refractivity (Wildman–Crippen MR) is 65.7 cm³/mol. The van der Waals surface area contributed by atoms with Crippen molar-refractivity contribution in [3.8, 4) is 0 Å². The summed E-state index contributed by atoms with van der Waals surface area (Å²) in [6.07, 6.45) is 3.61. The summed E-state index contributed by atoms with van der Waals surface area (Å²) in [5.41, 5.74) is 0. The van der Waals surface area contributed by atoms with Crippen molar-refractivity contribution in [3.63, 3.8) is 0 Å². The van der Waals surface area contributed by atoms with Crippen LogP contribution in [0.5, 0.6) is 0 Å². The lowest BCUT2D eigenvalue weighted by Crippen LogP contribution is -2.33. The Hall–Kier alpha value is -0.970. The third-order valence-corrected chi connectivity index (χ3v) is 3.26. The Morgan fingerprint density at radius 3 is 2.93 bits per heavy atom. The highest BCUT2D eigenvalue weighted by atomic mass is 32.2. The number of nitrogens with one attached hydrogen (secondary N) is 1. The first kappa shape index (κ1) is 10.5. The minimum atomic E-state index is 0.869. The molecule has 0 radical (unpaired) electrons. The Bertz CT molecular complexity index is 312. The Balaban J connectivity index is 2.09. The third kappa shape index (κ3) is 2.75. The van der Waals surface area contributed by atoms with Crippen molar-refractivity contribution in [2.75, 3.05) is 41.4 Å². The molecule has 1 aromatic heterocycles. The summed E-state index contributed by atoms with van der Waals surface area (Å²) in [7, 11) is 0. The van der Waals surface area contributed by atoms with E-state index in [1.54, 1.807) is 6.20 Å². The van der Waals surface area contributed by atoms with Crippen LogP contribution in [0.2, 0.25) is 0 Å². The average molecular weight is 224 g/mol. The maximum absolute atomic E-state index is 4.53. The molecule has 0 saturated carbocycles. The molecule has 0 aliphatic carbocycles. The van der Waals surface area contributed by atoms with Gasteiger partial charge in [-0.25, -0.2) is 4.98 Å². The van der Waals surface area contributed by atoms with Crippen LogP contribution in [0.3, 0.4) is 0 Å². The zero-order valence-corrected chi connectivity index (χ0v) is 9.76. The zero-order chi connectivity index (χ0) is 10.5. The van der Waals surface area contributed by atoms with Gasteiger partial charge in [0.15, 0.2) is 0 Å². The topological polar surface area (TPSA) is 41.1 Å². The van der Waals surface area contributed by atoms with E-state index in [0.29, 0.717) is 0 Å². The summed E-state index contributed by atoms with van der Waals surface area (Å²) in [4.78, 5) is 11.0. The first-order valence-corrected chi connectivity index (χ1v) is 6.44. The fourth-order valence-electron chi connectivity index (χ4n) is 1.57. The van der Waals surface area contributed by atoms with Gasteiger partial charge < -0.3 is 10.2 Å². The summed E-state index contributed by atoms with van der Waals surface area (Å²) in [5, 5.41) is 3.18. The summed E-state index contributed by atoms with van der Waals surface area (Å²) in [6, 6.07) is 0. The van der Waals surface area contributed by atoms with Gasteiger partial charge in [0.25, 0.3) is 0 Å². The minimum absolute atomic E-state index is 0.869. The summed E-state index contributed by atoms with van der Waals surface area (Å²) < 4.78 is 0. The lowest BCUT2D eigenvalue weighted by Gasteiger charge is -2.27. The molecule has 15 heavy (non-hydrogen) atoms. The lowest BCUT2D eigenvalue weighted by atomic mass is 10.4. The molecule has 0 spiro atoms. The molecule has 0 amide bonds. The molecular weight excluding hydrogens is 208 g/mol. The molecule has 1 aromatic rings. The van der Waals surface area contributed by atoms with Crippen molar-refractivity contribution in [3.05, 3.63) is 12.4 Å². The standard InChI is InChI=1S/C10H16N4S/c1-2-12-9-7-11-8-10(13-9)14-3-5-15-6-4-14/h7-8H,2-6H2,1H3,(H,12,13). The first-order valence-electron chi connectivity index (χ1n) is 5.29. The van der Waals surface area contributed by atoms with Crippen molar-refractivity contribution < 1.29 is 0 Å². The Morgan fingerprint density at radius 1 is 1.40 bits per heavy atom. The van der Waals surface area contributed by atoms with Crippen LogP contribution in [0.1, 0.15) is 6.92 Å². The monoisotopic (exact) mass is 224 g/mol. The van der Waals surface area contributed by atoms with E-state index in [1.165, 1.54) is 11.5 Å². The van der Waals surface area contributed by atoms with Crippen LogP contribution in [0.15, 0.2) is 12.4 Å². The van der Waals surface area contributed by atoms with Gasteiger partial charge in [-0.1, -0.05) is 0 Å². The molecule has 82 valence electrons. The Kier molecular flexibility index (Phi) is 3.66. The van der Waals surface area contributed by atoms with Gasteiger partial charge >= 0.3 is 0 Å². The molecule has 2 rings (SSSR count). The van der Waals surface area contributed by atoms with Crippen molar-refractivity contribution in [1.29, 1.82) is 0 Å². The molecule has 1 saturated heterocycles. The highest BCUT2D eigenvalue weighted by molar-refractivity contribution is 7.99. The van der Waals surface area contributed by atoms with E-state index in [4.69, 9.17) is 0 Å². The van der Waals surface area contributed by atoms with Gasteiger partial charge in [-0.2, -0.15) is 11.8 Å². The molecular formula is C10H16N4S. The van der Waals surface area contributed by atoms with Crippen LogP contribution in [-0.2, 0) is 0 Å². The van der Waals surface area contributed by atoms with Crippen molar-refractivity contribution in [2.45, 2.75) is 6.92 Å². The third-order valence-electron chi connectivity index (χ3n) is 2.31. The van der Waals surface area contributed by atoms with E-state index >= 15 is 0 Å². The second-order valence-corrected chi connectivity index (χ2v) is 4.62. The first-order chi connectivity index (χ1) is 7.40. The number of rotatable bonds is 3. The fraction of sp³-hybridized carbons (Fsp3) is 0.600. The van der Waals surface area contributed by atoms with E-state index in [1.807, 2.05) is 18.0 Å². The molecule has 0 aromatic carbocycles. The number of hydrogen-bond donors (Lipinski definition) is 1. The molecule has 0 atom stereocenters. The van der Waals surface area contributed by atoms with E-state index in [0.717, 1.165) is 31.3 Å². The Morgan fingerprint density at radius 2 is 2.20 bits per heavy atom. The lowest BCUT2D eigenvalue weighted by molar-refractivity contribution is 0.834. The second-order valence-electron chi connectivity index (χ2n) is 3.39. The molecule has 1 aliphatic heterocycles. The number of anilines is 2. The van der Waals surface area contributed by atoms with Crippen LogP contribution in [-0.4, -0.2) is 41.1 Å². The van der Waals surface area contributed by atoms with Gasteiger partial charge in [0.2, 0.25) is 0 Å². The van der Waals surface area contributed by atoms with E-state index < -0.39 is 0 Å². The van der Waals surface area contributed by atoms with Crippen LogP contribution >= 0.6 is 11.8 Å². The summed E-state index contributed by atoms with van der Waals surface area (Å²) in [6.45, 7) is 5.10. The molecule has 1 N–H and O–H groups in total. The molecule has 1 fully saturated rings. The molecule has 5 heteroatoms. The van der Waals surface area contributed by atoms with Gasteiger partial charge in [-0.15, -0.1) is 0 Å². The number of aromatic nitrogens is 2. The zero-order valence-electron chi connectivity index (χ0n) is 8.94. The highest BCUT2D eigenvalue weighted by Crippen LogP contribution is 2.17. The van der Waals surface area contributed by atoms with Crippen molar-refractivity contribution in [1.82, 2.24) is 9.97 Å². The van der Waals surface area contributed by atoms with Gasteiger partial charge in [-0.3, -0.25) is 4.98 Å². The molecule has 0 unspecified atom stereocenters. The second kappa shape index (κ2) is 5.21. The molecule has 1 aliphatic rings. The molecule has 4 nitrogen and oxygen atoms in total. The highest BCUT2D eigenvalue weighted by Gasteiger charge is 2.12.